The molecule has 7 nitrogen and oxygen atoms in total. The monoisotopic (exact) mass is 520 g/mol. The van der Waals surface area contributed by atoms with Gasteiger partial charge in [0.1, 0.15) is 0 Å². The van der Waals surface area contributed by atoms with Gasteiger partial charge in [0.2, 0.25) is 10.0 Å². The summed E-state index contributed by atoms with van der Waals surface area (Å²) in [5.74, 6) is -0.298. The Labute approximate surface area is 211 Å². The van der Waals surface area contributed by atoms with Crippen LogP contribution in [0.4, 0.5) is 5.13 Å². The molecule has 1 aliphatic rings. The second kappa shape index (κ2) is 11.4. The second-order valence-corrected chi connectivity index (χ2v) is 11.3. The van der Waals surface area contributed by atoms with Crippen molar-refractivity contribution in [2.24, 2.45) is 0 Å². The molecule has 1 N–H and O–H groups in total. The van der Waals surface area contributed by atoms with E-state index in [-0.39, 0.29) is 29.8 Å². The highest BCUT2D eigenvalue weighted by atomic mass is 35.5. The number of hydrogen-bond donors (Lipinski definition) is 1. The van der Waals surface area contributed by atoms with E-state index in [0.717, 1.165) is 43.7 Å². The number of rotatable bonds is 8. The zero-order valence-electron chi connectivity index (χ0n) is 19.2. The van der Waals surface area contributed by atoms with Gasteiger partial charge in [-0.1, -0.05) is 37.3 Å². The number of benzene rings is 2. The Morgan fingerprint density at radius 1 is 1.15 bits per heavy atom. The van der Waals surface area contributed by atoms with Crippen LogP contribution in [-0.4, -0.2) is 48.7 Å². The predicted molar refractivity (Wildman–Crippen MR) is 138 cm³/mol. The predicted octanol–water partition coefficient (Wildman–Crippen LogP) is 4.41. The Bertz CT molecular complexity index is 1210. The summed E-state index contributed by atoms with van der Waals surface area (Å²) in [6.07, 6.45) is 2.01. The molecule has 0 saturated heterocycles. The normalized spacial score (nSPS) is 13.9. The van der Waals surface area contributed by atoms with Gasteiger partial charge in [0.15, 0.2) is 5.13 Å². The molecule has 0 radical (unpaired) electrons. The smallest absolute Gasteiger partial charge is 0.257 e. The SMILES string of the molecule is CCCN1CCc2nc(NC(=O)c3ccc(S(=O)(=O)N(C)Cc4ccccc4)cc3)sc2C1.Cl. The number of carbonyl (C=O) groups is 1. The highest BCUT2D eigenvalue weighted by molar-refractivity contribution is 7.89. The van der Waals surface area contributed by atoms with Crippen molar-refractivity contribution in [3.05, 3.63) is 76.3 Å². The van der Waals surface area contributed by atoms with Gasteiger partial charge in [-0.15, -0.1) is 23.7 Å². The zero-order valence-corrected chi connectivity index (χ0v) is 21.7. The number of halogens is 1. The number of thiazole rings is 1. The van der Waals surface area contributed by atoms with Gasteiger partial charge in [-0.3, -0.25) is 15.0 Å². The fourth-order valence-electron chi connectivity index (χ4n) is 3.86. The summed E-state index contributed by atoms with van der Waals surface area (Å²) < 4.78 is 27.1. The van der Waals surface area contributed by atoms with Crippen LogP contribution in [0.25, 0.3) is 0 Å². The van der Waals surface area contributed by atoms with Crippen molar-refractivity contribution in [2.45, 2.75) is 37.8 Å². The number of sulfonamides is 1. The Morgan fingerprint density at radius 3 is 2.53 bits per heavy atom. The number of amides is 1. The Morgan fingerprint density at radius 2 is 1.85 bits per heavy atom. The standard InChI is InChI=1S/C24H28N4O3S2.ClH/c1-3-14-28-15-13-21-22(17-28)32-24(25-21)26-23(29)19-9-11-20(12-10-19)33(30,31)27(2)16-18-7-5-4-6-8-18;/h4-12H,3,13-17H2,1-2H3,(H,25,26,29);1H. The number of hydrogen-bond acceptors (Lipinski definition) is 6. The Balaban J connectivity index is 0.00000324. The number of nitrogens with one attached hydrogen (secondary N) is 1. The lowest BCUT2D eigenvalue weighted by molar-refractivity contribution is 0.102. The topological polar surface area (TPSA) is 82.6 Å². The third-order valence-electron chi connectivity index (χ3n) is 5.64. The minimum absolute atomic E-state index is 0. The first-order valence-electron chi connectivity index (χ1n) is 11.0. The number of anilines is 1. The molecule has 4 rings (SSSR count). The van der Waals surface area contributed by atoms with Crippen LogP contribution in [0, 0.1) is 0 Å². The molecule has 0 aliphatic carbocycles. The van der Waals surface area contributed by atoms with E-state index in [1.165, 1.54) is 44.8 Å². The van der Waals surface area contributed by atoms with Crippen LogP contribution in [-0.2, 0) is 29.5 Å². The average Bonchev–Trinajstić information content (AvgIpc) is 3.21. The van der Waals surface area contributed by atoms with Gasteiger partial charge in [0.25, 0.3) is 5.91 Å². The van der Waals surface area contributed by atoms with Crippen LogP contribution in [0.15, 0.2) is 59.5 Å². The molecule has 2 heterocycles. The third kappa shape index (κ3) is 6.03. The molecule has 182 valence electrons. The van der Waals surface area contributed by atoms with Crippen molar-refractivity contribution < 1.29 is 13.2 Å². The Kier molecular flexibility index (Phi) is 8.83. The van der Waals surface area contributed by atoms with Crippen molar-refractivity contribution in [2.75, 3.05) is 25.5 Å². The molecular weight excluding hydrogens is 492 g/mol. The molecule has 0 fully saturated rings. The maximum atomic E-state index is 12.9. The van der Waals surface area contributed by atoms with Gasteiger partial charge >= 0.3 is 0 Å². The van der Waals surface area contributed by atoms with Crippen molar-refractivity contribution in [1.29, 1.82) is 0 Å². The summed E-state index contributed by atoms with van der Waals surface area (Å²) in [4.78, 5) is 21.1. The molecule has 0 bridgehead atoms. The quantitative estimate of drug-likeness (QED) is 0.476. The van der Waals surface area contributed by atoms with Gasteiger partial charge in [-0.05, 0) is 42.8 Å². The zero-order chi connectivity index (χ0) is 23.4. The molecule has 1 aliphatic heterocycles. The summed E-state index contributed by atoms with van der Waals surface area (Å²) in [6, 6.07) is 15.4. The van der Waals surface area contributed by atoms with Gasteiger partial charge in [0.05, 0.1) is 10.6 Å². The fraction of sp³-hybridized carbons (Fsp3) is 0.333. The minimum Gasteiger partial charge on any atom is -0.298 e. The van der Waals surface area contributed by atoms with E-state index in [1.807, 2.05) is 30.3 Å². The molecule has 10 heteroatoms. The van der Waals surface area contributed by atoms with Crippen LogP contribution >= 0.6 is 23.7 Å². The lowest BCUT2D eigenvalue weighted by Gasteiger charge is -2.24. The van der Waals surface area contributed by atoms with E-state index in [4.69, 9.17) is 0 Å². The molecule has 34 heavy (non-hydrogen) atoms. The molecule has 3 aromatic rings. The highest BCUT2D eigenvalue weighted by Crippen LogP contribution is 2.29. The molecule has 0 atom stereocenters. The molecular formula is C24H29ClN4O3S2. The third-order valence-corrected chi connectivity index (χ3v) is 8.46. The van der Waals surface area contributed by atoms with E-state index >= 15 is 0 Å². The summed E-state index contributed by atoms with van der Waals surface area (Å²) in [5.41, 5.74) is 2.36. The van der Waals surface area contributed by atoms with E-state index in [9.17, 15) is 13.2 Å². The second-order valence-electron chi connectivity index (χ2n) is 8.14. The maximum Gasteiger partial charge on any atom is 0.257 e. The van der Waals surface area contributed by atoms with Crippen molar-refractivity contribution in [1.82, 2.24) is 14.2 Å². The van der Waals surface area contributed by atoms with Crippen molar-refractivity contribution in [3.63, 3.8) is 0 Å². The number of nitrogens with zero attached hydrogens (tertiary/aromatic N) is 3. The molecule has 2 aromatic carbocycles. The Hall–Kier alpha value is -2.30. The summed E-state index contributed by atoms with van der Waals surface area (Å²) >= 11 is 1.51. The fourth-order valence-corrected chi connectivity index (χ4v) is 6.07. The molecule has 0 spiro atoms. The van der Waals surface area contributed by atoms with Gasteiger partial charge < -0.3 is 0 Å². The lowest BCUT2D eigenvalue weighted by Crippen LogP contribution is -2.30. The molecule has 1 amide bonds. The van der Waals surface area contributed by atoms with Crippen LogP contribution in [0.2, 0.25) is 0 Å². The van der Waals surface area contributed by atoms with Crippen LogP contribution in [0.5, 0.6) is 0 Å². The maximum absolute atomic E-state index is 12.9. The van der Waals surface area contributed by atoms with Gasteiger partial charge in [-0.25, -0.2) is 13.4 Å². The van der Waals surface area contributed by atoms with Crippen LogP contribution in [0.3, 0.4) is 0 Å². The van der Waals surface area contributed by atoms with Crippen molar-refractivity contribution >= 4 is 44.8 Å². The highest BCUT2D eigenvalue weighted by Gasteiger charge is 2.23. The minimum atomic E-state index is -3.66. The first-order chi connectivity index (χ1) is 15.9. The molecule has 0 unspecified atom stereocenters. The number of aromatic nitrogens is 1. The van der Waals surface area contributed by atoms with Crippen molar-refractivity contribution in [3.8, 4) is 0 Å². The van der Waals surface area contributed by atoms with E-state index in [0.29, 0.717) is 10.7 Å². The van der Waals surface area contributed by atoms with Crippen LogP contribution < -0.4 is 5.32 Å². The average molecular weight is 521 g/mol. The van der Waals surface area contributed by atoms with Crippen LogP contribution in [0.1, 0.15) is 39.8 Å². The first kappa shape index (κ1) is 26.3. The van der Waals surface area contributed by atoms with E-state index in [2.05, 4.69) is 22.1 Å². The first-order valence-corrected chi connectivity index (χ1v) is 13.2. The van der Waals surface area contributed by atoms with E-state index in [1.54, 1.807) is 7.05 Å². The lowest BCUT2D eigenvalue weighted by atomic mass is 10.2. The summed E-state index contributed by atoms with van der Waals surface area (Å²) in [6.45, 7) is 5.38. The number of carbonyl (C=O) groups excluding carboxylic acids is 1. The molecule has 0 saturated carbocycles. The summed E-state index contributed by atoms with van der Waals surface area (Å²) in [7, 11) is -2.11. The largest absolute Gasteiger partial charge is 0.298 e. The number of fused-ring (bicyclic) bond motifs is 1. The molecule has 1 aromatic heterocycles. The van der Waals surface area contributed by atoms with E-state index < -0.39 is 10.0 Å². The summed E-state index contributed by atoms with van der Waals surface area (Å²) in [5, 5.41) is 3.45. The van der Waals surface area contributed by atoms with Gasteiger partial charge in [0, 0.05) is 43.5 Å². The van der Waals surface area contributed by atoms with Gasteiger partial charge in [-0.2, -0.15) is 4.31 Å².